The molecule has 4 rings (SSSR count). The Balaban J connectivity index is 1.86. The Morgan fingerprint density at radius 3 is 2.43 bits per heavy atom. The molecule has 1 aliphatic heterocycles. The molecule has 3 nitrogen and oxygen atoms in total. The minimum Gasteiger partial charge on any atom is -0.452 e. The van der Waals surface area contributed by atoms with E-state index in [9.17, 15) is 0 Å². The lowest BCUT2D eigenvalue weighted by Crippen LogP contribution is -2.13. The second-order valence-electron chi connectivity index (χ2n) is 5.49. The number of rotatable bonds is 2. The fourth-order valence-corrected chi connectivity index (χ4v) is 2.96. The summed E-state index contributed by atoms with van der Waals surface area (Å²) in [6.45, 7) is 0. The summed E-state index contributed by atoms with van der Waals surface area (Å²) in [5.41, 5.74) is 3.09. The average Bonchev–Trinajstić information content (AvgIpc) is 2.93. The molecule has 3 aromatic carbocycles. The van der Waals surface area contributed by atoms with Crippen molar-refractivity contribution in [3.63, 3.8) is 0 Å². The quantitative estimate of drug-likeness (QED) is 0.745. The maximum Gasteiger partial charge on any atom is 0.176 e. The monoisotopic (exact) mass is 300 g/mol. The molecule has 3 heteroatoms. The lowest BCUT2D eigenvalue weighted by Gasteiger charge is -2.12. The van der Waals surface area contributed by atoms with Gasteiger partial charge in [0, 0.05) is 18.2 Å². The van der Waals surface area contributed by atoms with Crippen LogP contribution in [0.4, 0.5) is 0 Å². The molecule has 0 radical (unpaired) electrons. The van der Waals surface area contributed by atoms with E-state index < -0.39 is 0 Å². The second kappa shape index (κ2) is 5.29. The predicted molar refractivity (Wildman–Crippen MR) is 93.8 cm³/mol. The van der Waals surface area contributed by atoms with Crippen LogP contribution in [-0.4, -0.2) is 12.8 Å². The Labute approximate surface area is 134 Å². The molecule has 0 amide bonds. The smallest absolute Gasteiger partial charge is 0.176 e. The highest BCUT2D eigenvalue weighted by Crippen LogP contribution is 2.34. The molecule has 1 aliphatic rings. The summed E-state index contributed by atoms with van der Waals surface area (Å²) < 4.78 is 5.93. The Morgan fingerprint density at radius 2 is 1.65 bits per heavy atom. The van der Waals surface area contributed by atoms with Crippen molar-refractivity contribution < 1.29 is 4.74 Å². The minimum atomic E-state index is 0.415. The first-order valence-corrected chi connectivity index (χ1v) is 7.55. The molecule has 23 heavy (non-hydrogen) atoms. The van der Waals surface area contributed by atoms with E-state index in [1.54, 1.807) is 0 Å². The van der Waals surface area contributed by atoms with Gasteiger partial charge in [0.25, 0.3) is 0 Å². The van der Waals surface area contributed by atoms with E-state index in [0.717, 1.165) is 22.6 Å². The zero-order valence-corrected chi connectivity index (χ0v) is 12.8. The lowest BCUT2D eigenvalue weighted by molar-refractivity contribution is 0.468. The number of ether oxygens (including phenoxy) is 1. The molecule has 2 N–H and O–H groups in total. The van der Waals surface area contributed by atoms with Gasteiger partial charge in [0.1, 0.15) is 11.5 Å². The van der Waals surface area contributed by atoms with Crippen molar-refractivity contribution in [2.45, 2.75) is 0 Å². The number of hydrogen-bond donors (Lipinski definition) is 2. The zero-order valence-electron chi connectivity index (χ0n) is 12.8. The van der Waals surface area contributed by atoms with Crippen molar-refractivity contribution in [2.75, 3.05) is 7.05 Å². The first-order valence-electron chi connectivity index (χ1n) is 7.55. The standard InChI is InChI=1S/C20H16N2O/c1-22-19(15-11-10-13-6-2-3-7-14(13)12-15)20-18(21)16-8-4-5-9-17(16)23-20/h2-12,21-22H,1H3/b20-19+,21-18?. The normalized spacial score (nSPS) is 15.3. The summed E-state index contributed by atoms with van der Waals surface area (Å²) in [6, 6.07) is 22.2. The van der Waals surface area contributed by atoms with Gasteiger partial charge >= 0.3 is 0 Å². The highest BCUT2D eigenvalue weighted by Gasteiger charge is 2.26. The summed E-state index contributed by atoms with van der Waals surface area (Å²) >= 11 is 0. The van der Waals surface area contributed by atoms with Crippen molar-refractivity contribution in [1.82, 2.24) is 5.32 Å². The van der Waals surface area contributed by atoms with Crippen LogP contribution in [0.2, 0.25) is 0 Å². The van der Waals surface area contributed by atoms with Gasteiger partial charge in [-0.3, -0.25) is 5.41 Å². The van der Waals surface area contributed by atoms with Crippen molar-refractivity contribution >= 4 is 22.2 Å². The van der Waals surface area contributed by atoms with Gasteiger partial charge in [-0.15, -0.1) is 0 Å². The Hall–Kier alpha value is -3.07. The molecule has 0 aromatic heterocycles. The van der Waals surface area contributed by atoms with Crippen molar-refractivity contribution in [1.29, 1.82) is 5.41 Å². The first kappa shape index (κ1) is 13.6. The van der Waals surface area contributed by atoms with Gasteiger partial charge in [-0.2, -0.15) is 0 Å². The third kappa shape index (κ3) is 2.18. The highest BCUT2D eigenvalue weighted by molar-refractivity contribution is 6.17. The van der Waals surface area contributed by atoms with E-state index in [-0.39, 0.29) is 0 Å². The second-order valence-corrected chi connectivity index (χ2v) is 5.49. The van der Waals surface area contributed by atoms with Crippen LogP contribution in [0.15, 0.2) is 72.5 Å². The molecule has 0 fully saturated rings. The maximum absolute atomic E-state index is 8.41. The van der Waals surface area contributed by atoms with Crippen LogP contribution in [0.25, 0.3) is 16.5 Å². The number of para-hydroxylation sites is 1. The fourth-order valence-electron chi connectivity index (χ4n) is 2.96. The van der Waals surface area contributed by atoms with Gasteiger partial charge in [-0.05, 0) is 29.0 Å². The number of nitrogens with one attached hydrogen (secondary N) is 2. The van der Waals surface area contributed by atoms with Gasteiger partial charge in [-0.25, -0.2) is 0 Å². The maximum atomic E-state index is 8.41. The SMILES string of the molecule is CN/C(=C1/Oc2ccccc2C1=N)c1ccc2ccccc2c1. The van der Waals surface area contributed by atoms with Crippen LogP contribution in [0.5, 0.6) is 5.75 Å². The Bertz CT molecular complexity index is 957. The van der Waals surface area contributed by atoms with Crippen LogP contribution < -0.4 is 10.1 Å². The molecule has 3 aromatic rings. The summed E-state index contributed by atoms with van der Waals surface area (Å²) in [5, 5.41) is 14.0. The molecular weight excluding hydrogens is 284 g/mol. The van der Waals surface area contributed by atoms with Crippen molar-refractivity contribution in [3.05, 3.63) is 83.6 Å². The third-order valence-corrected chi connectivity index (χ3v) is 4.11. The van der Waals surface area contributed by atoms with E-state index >= 15 is 0 Å². The molecule has 0 saturated heterocycles. The van der Waals surface area contributed by atoms with Gasteiger partial charge in [0.2, 0.25) is 0 Å². The van der Waals surface area contributed by atoms with Crippen LogP contribution in [0, 0.1) is 5.41 Å². The van der Waals surface area contributed by atoms with Crippen LogP contribution in [0.3, 0.4) is 0 Å². The summed E-state index contributed by atoms with van der Waals surface area (Å²) in [7, 11) is 1.86. The van der Waals surface area contributed by atoms with Gasteiger partial charge in [0.15, 0.2) is 5.76 Å². The molecule has 0 aliphatic carbocycles. The van der Waals surface area contributed by atoms with E-state index in [2.05, 4.69) is 35.6 Å². The van der Waals surface area contributed by atoms with Gasteiger partial charge < -0.3 is 10.1 Å². The molecule has 1 heterocycles. The average molecular weight is 300 g/mol. The lowest BCUT2D eigenvalue weighted by atomic mass is 10.0. The summed E-state index contributed by atoms with van der Waals surface area (Å²) in [5.74, 6) is 1.31. The molecule has 112 valence electrons. The molecule has 0 bridgehead atoms. The van der Waals surface area contributed by atoms with Crippen LogP contribution >= 0.6 is 0 Å². The fraction of sp³-hybridized carbons (Fsp3) is 0.0500. The van der Waals surface area contributed by atoms with E-state index in [1.165, 1.54) is 10.8 Å². The molecule has 0 spiro atoms. The van der Waals surface area contributed by atoms with Crippen LogP contribution in [-0.2, 0) is 0 Å². The molecular formula is C20H16N2O. The predicted octanol–water partition coefficient (Wildman–Crippen LogP) is 4.19. The van der Waals surface area contributed by atoms with Crippen molar-refractivity contribution in [3.8, 4) is 5.75 Å². The minimum absolute atomic E-state index is 0.415. The molecule has 0 unspecified atom stereocenters. The number of hydrogen-bond acceptors (Lipinski definition) is 3. The topological polar surface area (TPSA) is 45.1 Å². The van der Waals surface area contributed by atoms with E-state index in [4.69, 9.17) is 10.1 Å². The van der Waals surface area contributed by atoms with E-state index in [1.807, 2.05) is 43.4 Å². The number of benzene rings is 3. The van der Waals surface area contributed by atoms with Gasteiger partial charge in [0.05, 0.1) is 5.70 Å². The highest BCUT2D eigenvalue weighted by atomic mass is 16.5. The third-order valence-electron chi connectivity index (χ3n) is 4.11. The summed E-state index contributed by atoms with van der Waals surface area (Å²) in [4.78, 5) is 0. The van der Waals surface area contributed by atoms with E-state index in [0.29, 0.717) is 11.5 Å². The van der Waals surface area contributed by atoms with Crippen LogP contribution in [0.1, 0.15) is 11.1 Å². The number of allylic oxidation sites excluding steroid dienone is 1. The number of fused-ring (bicyclic) bond motifs is 2. The Morgan fingerprint density at radius 1 is 0.913 bits per heavy atom. The summed E-state index contributed by atoms with van der Waals surface area (Å²) in [6.07, 6.45) is 0. The first-order chi connectivity index (χ1) is 11.3. The van der Waals surface area contributed by atoms with Gasteiger partial charge in [-0.1, -0.05) is 48.5 Å². The largest absolute Gasteiger partial charge is 0.452 e. The zero-order chi connectivity index (χ0) is 15.8. The molecule has 0 atom stereocenters. The molecule has 0 saturated carbocycles. The Kier molecular flexibility index (Phi) is 3.12. The van der Waals surface area contributed by atoms with Crippen molar-refractivity contribution in [2.24, 2.45) is 0 Å².